The molecule has 3 fully saturated rings. The normalized spacial score (nSPS) is 19.4. The molecule has 1 aliphatic carbocycles. The third kappa shape index (κ3) is 5.43. The third-order valence-corrected chi connectivity index (χ3v) is 8.47. The molecule has 1 saturated carbocycles. The molecule has 2 aromatic rings. The second-order valence-corrected chi connectivity index (χ2v) is 11.0. The first-order valence-electron chi connectivity index (χ1n) is 13.4. The largest absolute Gasteiger partial charge is 0.352 e. The van der Waals surface area contributed by atoms with Gasteiger partial charge in [0.2, 0.25) is 5.91 Å². The van der Waals surface area contributed by atoms with Crippen molar-refractivity contribution in [2.24, 2.45) is 0 Å². The van der Waals surface area contributed by atoms with Gasteiger partial charge >= 0.3 is 0 Å². The highest BCUT2D eigenvalue weighted by atomic mass is 35.5. The van der Waals surface area contributed by atoms with Crippen LogP contribution < -0.4 is 10.2 Å². The molecule has 5 rings (SSSR count). The Balaban J connectivity index is 1.32. The molecule has 10 nitrogen and oxygen atoms in total. The van der Waals surface area contributed by atoms with E-state index in [9.17, 15) is 24.5 Å². The molecule has 2 heterocycles. The molecular formula is C28H32ClN5O5. The number of halogens is 1. The van der Waals surface area contributed by atoms with Crippen LogP contribution in [0.15, 0.2) is 48.5 Å². The predicted octanol–water partition coefficient (Wildman–Crippen LogP) is 3.98. The average Bonchev–Trinajstić information content (AvgIpc) is 3.20. The van der Waals surface area contributed by atoms with E-state index in [4.69, 9.17) is 11.6 Å². The number of rotatable bonds is 6. The van der Waals surface area contributed by atoms with Crippen LogP contribution in [0.4, 0.5) is 11.4 Å². The number of nitro groups is 1. The Bertz CT molecular complexity index is 1260. The molecule has 0 unspecified atom stereocenters. The van der Waals surface area contributed by atoms with Crippen molar-refractivity contribution in [3.63, 3.8) is 0 Å². The number of non-ortho nitro benzene ring substituents is 1. The number of hydrogen-bond donors (Lipinski definition) is 1. The van der Waals surface area contributed by atoms with Crippen molar-refractivity contribution in [2.45, 2.75) is 56.5 Å². The molecule has 2 aromatic carbocycles. The van der Waals surface area contributed by atoms with Crippen LogP contribution in [0.3, 0.4) is 0 Å². The van der Waals surface area contributed by atoms with Crippen molar-refractivity contribution in [3.8, 4) is 0 Å². The van der Waals surface area contributed by atoms with Crippen molar-refractivity contribution in [2.75, 3.05) is 31.2 Å². The Hall–Kier alpha value is -3.66. The standard InChI is InChI=1S/C28H32ClN5O5/c29-24-17-22(34(38)39)11-12-23(24)26(36)31-15-13-28(14-16-31)27(37)32(19-33(28)21-9-5-2-6-10-21)18-25(35)30-20-7-3-1-4-8-20/h2,5-6,9-12,17,20H,1,3-4,7-8,13-16,18-19H2,(H,30,35). The lowest BCUT2D eigenvalue weighted by molar-refractivity contribution is -0.384. The van der Waals surface area contributed by atoms with E-state index in [0.29, 0.717) is 32.6 Å². The molecule has 3 aliphatic rings. The number of benzene rings is 2. The zero-order valence-corrected chi connectivity index (χ0v) is 22.4. The molecule has 0 radical (unpaired) electrons. The van der Waals surface area contributed by atoms with Gasteiger partial charge in [0.05, 0.1) is 22.2 Å². The summed E-state index contributed by atoms with van der Waals surface area (Å²) in [5.41, 5.74) is 0.0237. The van der Waals surface area contributed by atoms with Crippen molar-refractivity contribution in [1.29, 1.82) is 0 Å². The van der Waals surface area contributed by atoms with Crippen LogP contribution in [-0.4, -0.2) is 70.3 Å². The predicted molar refractivity (Wildman–Crippen MR) is 146 cm³/mol. The Labute approximate surface area is 232 Å². The molecule has 11 heteroatoms. The average molecular weight is 554 g/mol. The molecule has 2 saturated heterocycles. The number of carbonyl (C=O) groups is 3. The first-order valence-corrected chi connectivity index (χ1v) is 13.8. The van der Waals surface area contributed by atoms with E-state index in [1.54, 1.807) is 9.80 Å². The maximum Gasteiger partial charge on any atom is 0.270 e. The number of para-hydroxylation sites is 1. The van der Waals surface area contributed by atoms with E-state index in [1.807, 2.05) is 30.3 Å². The summed E-state index contributed by atoms with van der Waals surface area (Å²) in [6, 6.07) is 13.6. The molecule has 206 valence electrons. The summed E-state index contributed by atoms with van der Waals surface area (Å²) in [4.78, 5) is 55.8. The Morgan fingerprint density at radius 3 is 2.38 bits per heavy atom. The minimum absolute atomic E-state index is 0.00145. The third-order valence-electron chi connectivity index (χ3n) is 8.16. The maximum atomic E-state index is 13.9. The number of likely N-dealkylation sites (tertiary alicyclic amines) is 1. The van der Waals surface area contributed by atoms with Gasteiger partial charge in [-0.3, -0.25) is 24.5 Å². The summed E-state index contributed by atoms with van der Waals surface area (Å²) >= 11 is 6.21. The highest BCUT2D eigenvalue weighted by Crippen LogP contribution is 2.40. The molecule has 2 aliphatic heterocycles. The van der Waals surface area contributed by atoms with Crippen LogP contribution in [0.2, 0.25) is 5.02 Å². The SMILES string of the molecule is O=C(CN1CN(c2ccccc2)C2(CCN(C(=O)c3ccc([N+](=O)[O-])cc3Cl)CC2)C1=O)NC1CCCCC1. The van der Waals surface area contributed by atoms with Crippen LogP contribution in [-0.2, 0) is 9.59 Å². The van der Waals surface area contributed by atoms with Crippen molar-refractivity contribution in [1.82, 2.24) is 15.1 Å². The van der Waals surface area contributed by atoms with Gasteiger partial charge in [0.15, 0.2) is 0 Å². The van der Waals surface area contributed by atoms with E-state index in [0.717, 1.165) is 31.4 Å². The van der Waals surface area contributed by atoms with Crippen LogP contribution in [0.25, 0.3) is 0 Å². The number of carbonyl (C=O) groups excluding carboxylic acids is 3. The summed E-state index contributed by atoms with van der Waals surface area (Å²) in [7, 11) is 0. The number of nitrogens with zero attached hydrogens (tertiary/aromatic N) is 4. The van der Waals surface area contributed by atoms with E-state index in [-0.39, 0.29) is 46.6 Å². The quantitative estimate of drug-likeness (QED) is 0.427. The highest BCUT2D eigenvalue weighted by molar-refractivity contribution is 6.34. The Morgan fingerprint density at radius 2 is 1.74 bits per heavy atom. The lowest BCUT2D eigenvalue weighted by Gasteiger charge is -2.43. The zero-order chi connectivity index (χ0) is 27.6. The molecule has 39 heavy (non-hydrogen) atoms. The number of nitro benzene ring substituents is 1. The van der Waals surface area contributed by atoms with Crippen molar-refractivity contribution >= 4 is 40.7 Å². The minimum Gasteiger partial charge on any atom is -0.352 e. The van der Waals surface area contributed by atoms with Gasteiger partial charge in [-0.15, -0.1) is 0 Å². The van der Waals surface area contributed by atoms with E-state index in [2.05, 4.69) is 10.2 Å². The fourth-order valence-electron chi connectivity index (χ4n) is 6.06. The van der Waals surface area contributed by atoms with Crippen LogP contribution in [0, 0.1) is 10.1 Å². The molecule has 0 aromatic heterocycles. The first kappa shape index (κ1) is 26.9. The number of amides is 3. The topological polar surface area (TPSA) is 116 Å². The molecule has 0 bridgehead atoms. The fraction of sp³-hybridized carbons (Fsp3) is 0.464. The van der Waals surface area contributed by atoms with Crippen molar-refractivity contribution < 1.29 is 19.3 Å². The molecule has 1 N–H and O–H groups in total. The first-order chi connectivity index (χ1) is 18.8. The second kappa shape index (κ2) is 11.2. The van der Waals surface area contributed by atoms with E-state index in [1.165, 1.54) is 24.6 Å². The fourth-order valence-corrected chi connectivity index (χ4v) is 6.31. The van der Waals surface area contributed by atoms with Crippen LogP contribution >= 0.6 is 11.6 Å². The minimum atomic E-state index is -0.872. The smallest absolute Gasteiger partial charge is 0.270 e. The maximum absolute atomic E-state index is 13.9. The van der Waals surface area contributed by atoms with Gasteiger partial charge in [-0.2, -0.15) is 0 Å². The summed E-state index contributed by atoms with van der Waals surface area (Å²) in [5.74, 6) is -0.573. The zero-order valence-electron chi connectivity index (χ0n) is 21.7. The molecular weight excluding hydrogens is 522 g/mol. The molecule has 1 spiro atoms. The number of nitrogens with one attached hydrogen (secondary N) is 1. The molecule has 0 atom stereocenters. The van der Waals surface area contributed by atoms with Gasteiger partial charge in [-0.25, -0.2) is 0 Å². The summed E-state index contributed by atoms with van der Waals surface area (Å²) < 4.78 is 0. The number of piperidine rings is 1. The van der Waals surface area contributed by atoms with E-state index >= 15 is 0 Å². The lowest BCUT2D eigenvalue weighted by Crippen LogP contribution is -2.57. The second-order valence-electron chi connectivity index (χ2n) is 10.6. The molecule has 3 amide bonds. The van der Waals surface area contributed by atoms with Crippen LogP contribution in [0.1, 0.15) is 55.3 Å². The van der Waals surface area contributed by atoms with Crippen LogP contribution in [0.5, 0.6) is 0 Å². The summed E-state index contributed by atoms with van der Waals surface area (Å²) in [6.45, 7) is 0.914. The summed E-state index contributed by atoms with van der Waals surface area (Å²) in [5, 5.41) is 14.2. The van der Waals surface area contributed by atoms with Gasteiger partial charge in [-0.1, -0.05) is 49.1 Å². The van der Waals surface area contributed by atoms with Gasteiger partial charge in [0.1, 0.15) is 12.1 Å². The van der Waals surface area contributed by atoms with Gasteiger partial charge < -0.3 is 20.0 Å². The van der Waals surface area contributed by atoms with Crippen molar-refractivity contribution in [3.05, 3.63) is 69.2 Å². The van der Waals surface area contributed by atoms with Gasteiger partial charge in [0, 0.05) is 37.0 Å². The lowest BCUT2D eigenvalue weighted by atomic mass is 9.85. The van der Waals surface area contributed by atoms with E-state index < -0.39 is 10.5 Å². The Kier molecular flexibility index (Phi) is 7.74. The van der Waals surface area contributed by atoms with Gasteiger partial charge in [0.25, 0.3) is 17.5 Å². The highest BCUT2D eigenvalue weighted by Gasteiger charge is 2.54. The number of hydrogen-bond acceptors (Lipinski definition) is 6. The monoisotopic (exact) mass is 553 g/mol. The number of anilines is 1. The van der Waals surface area contributed by atoms with Gasteiger partial charge in [-0.05, 0) is 43.9 Å². The summed E-state index contributed by atoms with van der Waals surface area (Å²) in [6.07, 6.45) is 6.14. The Morgan fingerprint density at radius 1 is 1.05 bits per heavy atom.